The van der Waals surface area contributed by atoms with Crippen molar-refractivity contribution in [3.8, 4) is 22.6 Å². The van der Waals surface area contributed by atoms with Gasteiger partial charge < -0.3 is 15.2 Å². The van der Waals surface area contributed by atoms with Crippen LogP contribution in [-0.4, -0.2) is 13.2 Å². The number of nitrogen functional groups attached to an aromatic ring is 1. The molecular weight excluding hydrogens is 274 g/mol. The highest BCUT2D eigenvalue weighted by atomic mass is 35.5. The van der Waals surface area contributed by atoms with Crippen LogP contribution in [0.2, 0.25) is 5.02 Å². The van der Waals surface area contributed by atoms with Crippen LogP contribution in [0.3, 0.4) is 0 Å². The quantitative estimate of drug-likeness (QED) is 0.807. The maximum absolute atomic E-state index is 6.25. The van der Waals surface area contributed by atoms with Crippen molar-refractivity contribution in [2.24, 2.45) is 5.92 Å². The molecule has 1 atom stereocenters. The normalized spacial score (nSPS) is 17.6. The number of fused-ring (bicyclic) bond motifs is 1. The molecule has 104 valence electrons. The number of halogens is 1. The molecule has 2 aromatic carbocycles. The molecule has 2 N–H and O–H groups in total. The number of hydrogen-bond donors (Lipinski definition) is 1. The second-order valence-corrected chi connectivity index (χ2v) is 5.54. The van der Waals surface area contributed by atoms with Crippen LogP contribution in [-0.2, 0) is 0 Å². The van der Waals surface area contributed by atoms with Crippen molar-refractivity contribution in [3.05, 3.63) is 41.4 Å². The van der Waals surface area contributed by atoms with E-state index in [-0.39, 0.29) is 0 Å². The molecule has 3 rings (SSSR count). The number of benzene rings is 2. The second kappa shape index (κ2) is 5.25. The third kappa shape index (κ3) is 2.54. The van der Waals surface area contributed by atoms with Gasteiger partial charge in [0, 0.05) is 17.2 Å². The molecule has 0 saturated carbocycles. The summed E-state index contributed by atoms with van der Waals surface area (Å²) >= 11 is 6.25. The first kappa shape index (κ1) is 13.1. The van der Waals surface area contributed by atoms with Crippen LogP contribution in [0, 0.1) is 5.92 Å². The largest absolute Gasteiger partial charge is 0.489 e. The minimum Gasteiger partial charge on any atom is -0.489 e. The van der Waals surface area contributed by atoms with Crippen molar-refractivity contribution < 1.29 is 9.47 Å². The zero-order chi connectivity index (χ0) is 14.1. The first-order valence-electron chi connectivity index (χ1n) is 6.58. The monoisotopic (exact) mass is 289 g/mol. The van der Waals surface area contributed by atoms with E-state index in [1.54, 1.807) is 6.07 Å². The molecule has 4 heteroatoms. The average Bonchev–Trinajstić information content (AvgIpc) is 2.61. The maximum atomic E-state index is 6.25. The maximum Gasteiger partial charge on any atom is 0.161 e. The Bertz CT molecular complexity index is 642. The van der Waals surface area contributed by atoms with E-state index in [2.05, 4.69) is 6.92 Å². The standard InChI is InChI=1S/C16H16ClNO2/c1-10-8-19-15-5-2-11(6-16(15)20-9-10)13-4-3-12(18)7-14(13)17/h2-7,10H,8-9,18H2,1H3. The molecule has 1 unspecified atom stereocenters. The summed E-state index contributed by atoms with van der Waals surface area (Å²) in [6, 6.07) is 11.4. The van der Waals surface area contributed by atoms with Gasteiger partial charge in [0.25, 0.3) is 0 Å². The molecule has 1 heterocycles. The van der Waals surface area contributed by atoms with Gasteiger partial charge in [0.2, 0.25) is 0 Å². The summed E-state index contributed by atoms with van der Waals surface area (Å²) in [6.07, 6.45) is 0. The summed E-state index contributed by atoms with van der Waals surface area (Å²) in [4.78, 5) is 0. The van der Waals surface area contributed by atoms with Gasteiger partial charge in [-0.2, -0.15) is 0 Å². The fourth-order valence-corrected chi connectivity index (χ4v) is 2.48. The van der Waals surface area contributed by atoms with Crippen LogP contribution in [0.25, 0.3) is 11.1 Å². The SMILES string of the molecule is CC1COc2ccc(-c3ccc(N)cc3Cl)cc2OC1. The molecule has 0 spiro atoms. The summed E-state index contributed by atoms with van der Waals surface area (Å²) < 4.78 is 11.5. The lowest BCUT2D eigenvalue weighted by molar-refractivity contribution is 0.228. The van der Waals surface area contributed by atoms with Crippen LogP contribution < -0.4 is 15.2 Å². The Balaban J connectivity index is 2.00. The number of ether oxygens (including phenoxy) is 2. The van der Waals surface area contributed by atoms with Gasteiger partial charge in [0.05, 0.1) is 18.2 Å². The van der Waals surface area contributed by atoms with E-state index in [0.717, 1.165) is 22.6 Å². The van der Waals surface area contributed by atoms with Gasteiger partial charge >= 0.3 is 0 Å². The highest BCUT2D eigenvalue weighted by molar-refractivity contribution is 6.33. The van der Waals surface area contributed by atoms with Gasteiger partial charge in [-0.05, 0) is 29.8 Å². The Morgan fingerprint density at radius 2 is 1.80 bits per heavy atom. The van der Waals surface area contributed by atoms with E-state index < -0.39 is 0 Å². The Kier molecular flexibility index (Phi) is 3.45. The molecule has 1 aliphatic rings. The highest BCUT2D eigenvalue weighted by Crippen LogP contribution is 2.37. The number of nitrogens with two attached hydrogens (primary N) is 1. The second-order valence-electron chi connectivity index (χ2n) is 5.13. The molecule has 0 aliphatic carbocycles. The van der Waals surface area contributed by atoms with Crippen LogP contribution in [0.5, 0.6) is 11.5 Å². The highest BCUT2D eigenvalue weighted by Gasteiger charge is 2.16. The Hall–Kier alpha value is -1.87. The Morgan fingerprint density at radius 1 is 1.05 bits per heavy atom. The lowest BCUT2D eigenvalue weighted by atomic mass is 10.0. The zero-order valence-corrected chi connectivity index (χ0v) is 12.0. The number of hydrogen-bond acceptors (Lipinski definition) is 3. The minimum absolute atomic E-state index is 0.381. The molecule has 20 heavy (non-hydrogen) atoms. The van der Waals surface area contributed by atoms with Crippen LogP contribution >= 0.6 is 11.6 Å². The topological polar surface area (TPSA) is 44.5 Å². The summed E-state index contributed by atoms with van der Waals surface area (Å²) in [5, 5.41) is 0.632. The van der Waals surface area contributed by atoms with Crippen molar-refractivity contribution in [1.29, 1.82) is 0 Å². The van der Waals surface area contributed by atoms with Crippen molar-refractivity contribution >= 4 is 17.3 Å². The molecule has 2 aromatic rings. The molecule has 0 radical (unpaired) electrons. The fourth-order valence-electron chi connectivity index (χ4n) is 2.19. The van der Waals surface area contributed by atoms with Gasteiger partial charge in [-0.25, -0.2) is 0 Å². The summed E-state index contributed by atoms with van der Waals surface area (Å²) in [5.74, 6) is 1.93. The molecule has 0 aromatic heterocycles. The van der Waals surface area contributed by atoms with E-state index in [1.807, 2.05) is 30.3 Å². The smallest absolute Gasteiger partial charge is 0.161 e. The first-order chi connectivity index (χ1) is 9.63. The van der Waals surface area contributed by atoms with Crippen molar-refractivity contribution in [2.45, 2.75) is 6.92 Å². The van der Waals surface area contributed by atoms with Crippen LogP contribution in [0.15, 0.2) is 36.4 Å². The molecule has 1 aliphatic heterocycles. The molecule has 0 saturated heterocycles. The Morgan fingerprint density at radius 3 is 2.55 bits per heavy atom. The molecule has 0 fully saturated rings. The first-order valence-corrected chi connectivity index (χ1v) is 6.96. The van der Waals surface area contributed by atoms with Crippen molar-refractivity contribution in [2.75, 3.05) is 18.9 Å². The van der Waals surface area contributed by atoms with Crippen molar-refractivity contribution in [3.63, 3.8) is 0 Å². The Labute approximate surface area is 123 Å². The fraction of sp³-hybridized carbons (Fsp3) is 0.250. The number of rotatable bonds is 1. The lowest BCUT2D eigenvalue weighted by Crippen LogP contribution is -2.12. The average molecular weight is 290 g/mol. The predicted octanol–water partition coefficient (Wildman–Crippen LogP) is 4.00. The molecule has 0 amide bonds. The van der Waals surface area contributed by atoms with E-state index in [4.69, 9.17) is 26.8 Å². The van der Waals surface area contributed by atoms with E-state index >= 15 is 0 Å². The molecule has 3 nitrogen and oxygen atoms in total. The van der Waals surface area contributed by atoms with Gasteiger partial charge in [0.1, 0.15) is 0 Å². The summed E-state index contributed by atoms with van der Waals surface area (Å²) in [6.45, 7) is 3.44. The van der Waals surface area contributed by atoms with Gasteiger partial charge in [-0.15, -0.1) is 0 Å². The predicted molar refractivity (Wildman–Crippen MR) is 81.5 cm³/mol. The third-order valence-electron chi connectivity index (χ3n) is 3.29. The van der Waals surface area contributed by atoms with Crippen LogP contribution in [0.4, 0.5) is 5.69 Å². The lowest BCUT2D eigenvalue weighted by Gasteiger charge is -2.10. The van der Waals surface area contributed by atoms with Gasteiger partial charge in [-0.1, -0.05) is 30.7 Å². The summed E-state index contributed by atoms with van der Waals surface area (Å²) in [7, 11) is 0. The van der Waals surface area contributed by atoms with E-state index in [0.29, 0.717) is 29.8 Å². The van der Waals surface area contributed by atoms with Gasteiger partial charge in [-0.3, -0.25) is 0 Å². The summed E-state index contributed by atoms with van der Waals surface area (Å²) in [5.41, 5.74) is 8.31. The van der Waals surface area contributed by atoms with Crippen molar-refractivity contribution in [1.82, 2.24) is 0 Å². The number of anilines is 1. The minimum atomic E-state index is 0.381. The van der Waals surface area contributed by atoms with E-state index in [9.17, 15) is 0 Å². The third-order valence-corrected chi connectivity index (χ3v) is 3.61. The zero-order valence-electron chi connectivity index (χ0n) is 11.2. The van der Waals surface area contributed by atoms with Gasteiger partial charge in [0.15, 0.2) is 11.5 Å². The molecular formula is C16H16ClNO2. The van der Waals surface area contributed by atoms with Crippen LogP contribution in [0.1, 0.15) is 6.92 Å². The van der Waals surface area contributed by atoms with E-state index in [1.165, 1.54) is 0 Å². The molecule has 0 bridgehead atoms.